The van der Waals surface area contributed by atoms with Crippen LogP contribution in [-0.2, 0) is 0 Å². The quantitative estimate of drug-likeness (QED) is 0.657. The maximum atomic E-state index is 13.0. The molecule has 0 bridgehead atoms. The number of pyridine rings is 1. The number of rotatable bonds is 5. The van der Waals surface area contributed by atoms with Crippen LogP contribution in [0.15, 0.2) is 47.4 Å². The van der Waals surface area contributed by atoms with E-state index in [2.05, 4.69) is 32.1 Å². The standard InChI is InChI=1S/C23H28N6O2/c1-15(2)21(27-22(31)17-6-7-18-16(13-17)5-4-8-24-18)19-14-20(30)26-23(25-19)29-11-9-28(3)10-12-29/h4-8,13-15,21H,9-12H2,1-3H3,(H,27,31)(H,25,26,30). The number of aromatic nitrogens is 3. The first-order valence-electron chi connectivity index (χ1n) is 10.6. The monoisotopic (exact) mass is 420 g/mol. The summed E-state index contributed by atoms with van der Waals surface area (Å²) < 4.78 is 0. The molecule has 1 saturated heterocycles. The van der Waals surface area contributed by atoms with Crippen LogP contribution in [0.3, 0.4) is 0 Å². The molecule has 2 aromatic heterocycles. The number of likely N-dealkylation sites (N-methyl/N-ethyl adjacent to an activating group) is 1. The van der Waals surface area contributed by atoms with Gasteiger partial charge in [-0.25, -0.2) is 4.98 Å². The lowest BCUT2D eigenvalue weighted by Gasteiger charge is -2.33. The third kappa shape index (κ3) is 4.74. The van der Waals surface area contributed by atoms with Gasteiger partial charge in [0.1, 0.15) is 0 Å². The Morgan fingerprint density at radius 1 is 1.13 bits per heavy atom. The van der Waals surface area contributed by atoms with Crippen LogP contribution in [0.25, 0.3) is 10.9 Å². The van der Waals surface area contributed by atoms with Crippen LogP contribution < -0.4 is 15.8 Å². The van der Waals surface area contributed by atoms with E-state index in [1.807, 2.05) is 38.1 Å². The average Bonchev–Trinajstić information content (AvgIpc) is 2.76. The molecule has 1 fully saturated rings. The number of fused-ring (bicyclic) bond motifs is 1. The van der Waals surface area contributed by atoms with Crippen molar-refractivity contribution in [3.8, 4) is 0 Å². The number of H-pyrrole nitrogens is 1. The van der Waals surface area contributed by atoms with E-state index < -0.39 is 0 Å². The highest BCUT2D eigenvalue weighted by atomic mass is 16.1. The third-order valence-corrected chi connectivity index (χ3v) is 5.69. The lowest BCUT2D eigenvalue weighted by Crippen LogP contribution is -2.46. The first-order chi connectivity index (χ1) is 14.9. The Labute approximate surface area is 181 Å². The molecule has 0 spiro atoms. The molecule has 1 aliphatic rings. The summed E-state index contributed by atoms with van der Waals surface area (Å²) in [6, 6.07) is 10.3. The molecule has 8 heteroatoms. The maximum absolute atomic E-state index is 13.0. The summed E-state index contributed by atoms with van der Waals surface area (Å²) in [5.41, 5.74) is 1.75. The van der Waals surface area contributed by atoms with Gasteiger partial charge in [0.15, 0.2) is 0 Å². The lowest BCUT2D eigenvalue weighted by molar-refractivity contribution is 0.0924. The number of anilines is 1. The molecule has 1 atom stereocenters. The molecular weight excluding hydrogens is 392 g/mol. The number of nitrogens with one attached hydrogen (secondary N) is 2. The van der Waals surface area contributed by atoms with Crippen molar-refractivity contribution in [3.05, 3.63) is 64.2 Å². The molecule has 1 aromatic carbocycles. The van der Waals surface area contributed by atoms with Crippen molar-refractivity contribution in [2.24, 2.45) is 5.92 Å². The Kier molecular flexibility index (Phi) is 5.99. The number of carbonyl (C=O) groups is 1. The van der Waals surface area contributed by atoms with E-state index in [1.165, 1.54) is 6.07 Å². The van der Waals surface area contributed by atoms with Crippen LogP contribution in [0, 0.1) is 5.92 Å². The van der Waals surface area contributed by atoms with E-state index >= 15 is 0 Å². The Balaban J connectivity index is 1.59. The third-order valence-electron chi connectivity index (χ3n) is 5.69. The largest absolute Gasteiger partial charge is 0.343 e. The summed E-state index contributed by atoms with van der Waals surface area (Å²) in [5, 5.41) is 3.98. The summed E-state index contributed by atoms with van der Waals surface area (Å²) >= 11 is 0. The van der Waals surface area contributed by atoms with Crippen LogP contribution in [0.2, 0.25) is 0 Å². The smallest absolute Gasteiger partial charge is 0.252 e. The summed E-state index contributed by atoms with van der Waals surface area (Å²) in [6.07, 6.45) is 1.73. The molecule has 0 aliphatic carbocycles. The minimum Gasteiger partial charge on any atom is -0.343 e. The highest BCUT2D eigenvalue weighted by Crippen LogP contribution is 2.22. The van der Waals surface area contributed by atoms with E-state index in [1.54, 1.807) is 12.3 Å². The minimum absolute atomic E-state index is 0.0562. The number of hydrogen-bond acceptors (Lipinski definition) is 6. The molecule has 1 aliphatic heterocycles. The normalized spacial score (nSPS) is 15.9. The number of benzene rings is 1. The number of piperazine rings is 1. The second-order valence-corrected chi connectivity index (χ2v) is 8.39. The molecule has 3 heterocycles. The fraction of sp³-hybridized carbons (Fsp3) is 0.391. The predicted octanol–water partition coefficient (Wildman–Crippen LogP) is 2.20. The van der Waals surface area contributed by atoms with E-state index in [0.717, 1.165) is 37.1 Å². The summed E-state index contributed by atoms with van der Waals surface area (Å²) in [6.45, 7) is 7.44. The number of nitrogens with zero attached hydrogens (tertiary/aromatic N) is 4. The highest BCUT2D eigenvalue weighted by Gasteiger charge is 2.24. The highest BCUT2D eigenvalue weighted by molar-refractivity contribution is 5.98. The molecule has 8 nitrogen and oxygen atoms in total. The molecule has 1 unspecified atom stereocenters. The van der Waals surface area contributed by atoms with Gasteiger partial charge >= 0.3 is 0 Å². The van der Waals surface area contributed by atoms with Gasteiger partial charge in [-0.3, -0.25) is 19.6 Å². The fourth-order valence-corrected chi connectivity index (χ4v) is 3.81. The molecule has 0 radical (unpaired) electrons. The topological polar surface area (TPSA) is 94.2 Å². The average molecular weight is 421 g/mol. The second-order valence-electron chi connectivity index (χ2n) is 8.39. The number of amides is 1. The van der Waals surface area contributed by atoms with Crippen LogP contribution in [-0.4, -0.2) is 59.0 Å². The number of hydrogen-bond donors (Lipinski definition) is 2. The van der Waals surface area contributed by atoms with Crippen molar-refractivity contribution in [2.75, 3.05) is 38.1 Å². The van der Waals surface area contributed by atoms with Gasteiger partial charge in [-0.1, -0.05) is 19.9 Å². The first-order valence-corrected chi connectivity index (χ1v) is 10.6. The molecule has 3 aromatic rings. The molecule has 1 amide bonds. The zero-order chi connectivity index (χ0) is 22.0. The second kappa shape index (κ2) is 8.85. The van der Waals surface area contributed by atoms with Crippen molar-refractivity contribution in [2.45, 2.75) is 19.9 Å². The van der Waals surface area contributed by atoms with E-state index in [9.17, 15) is 9.59 Å². The van der Waals surface area contributed by atoms with Gasteiger partial charge < -0.3 is 15.1 Å². The van der Waals surface area contributed by atoms with Gasteiger partial charge in [-0.2, -0.15) is 0 Å². The molecule has 4 rings (SSSR count). The fourth-order valence-electron chi connectivity index (χ4n) is 3.81. The minimum atomic E-state index is -0.384. The van der Waals surface area contributed by atoms with Crippen LogP contribution >= 0.6 is 0 Å². The van der Waals surface area contributed by atoms with Gasteiger partial charge in [0.2, 0.25) is 5.95 Å². The van der Waals surface area contributed by atoms with Crippen molar-refractivity contribution in [1.29, 1.82) is 0 Å². The molecule has 0 saturated carbocycles. The Bertz CT molecular complexity index is 1130. The van der Waals surface area contributed by atoms with E-state index in [4.69, 9.17) is 4.98 Å². The molecule has 162 valence electrons. The summed E-state index contributed by atoms with van der Waals surface area (Å²) in [7, 11) is 2.08. The number of aromatic amines is 1. The van der Waals surface area contributed by atoms with Crippen LogP contribution in [0.4, 0.5) is 5.95 Å². The van der Waals surface area contributed by atoms with Crippen molar-refractivity contribution >= 4 is 22.8 Å². The first kappa shape index (κ1) is 21.0. The van der Waals surface area contributed by atoms with E-state index in [0.29, 0.717) is 17.2 Å². The van der Waals surface area contributed by atoms with Crippen molar-refractivity contribution in [3.63, 3.8) is 0 Å². The van der Waals surface area contributed by atoms with E-state index in [-0.39, 0.29) is 23.4 Å². The Hall–Kier alpha value is -3.26. The Morgan fingerprint density at radius 2 is 1.90 bits per heavy atom. The van der Waals surface area contributed by atoms with Crippen molar-refractivity contribution in [1.82, 2.24) is 25.2 Å². The van der Waals surface area contributed by atoms with Gasteiger partial charge in [0.05, 0.1) is 17.3 Å². The van der Waals surface area contributed by atoms with Gasteiger partial charge in [-0.15, -0.1) is 0 Å². The van der Waals surface area contributed by atoms with Gasteiger partial charge in [0.25, 0.3) is 11.5 Å². The zero-order valence-electron chi connectivity index (χ0n) is 18.1. The van der Waals surface area contributed by atoms with Gasteiger partial charge in [-0.05, 0) is 37.2 Å². The number of carbonyl (C=O) groups excluding carboxylic acids is 1. The van der Waals surface area contributed by atoms with Crippen LogP contribution in [0.5, 0.6) is 0 Å². The summed E-state index contributed by atoms with van der Waals surface area (Å²) in [5.74, 6) is 0.417. The Morgan fingerprint density at radius 3 is 2.65 bits per heavy atom. The SMILES string of the molecule is CC(C)C(NC(=O)c1ccc2ncccc2c1)c1cc(=O)[nH]c(N2CCN(C)CC2)n1. The predicted molar refractivity (Wildman–Crippen MR) is 121 cm³/mol. The maximum Gasteiger partial charge on any atom is 0.252 e. The molecule has 31 heavy (non-hydrogen) atoms. The van der Waals surface area contributed by atoms with Gasteiger partial charge in [0, 0.05) is 49.4 Å². The molecular formula is C23H28N6O2. The zero-order valence-corrected chi connectivity index (χ0v) is 18.1. The van der Waals surface area contributed by atoms with Crippen LogP contribution in [0.1, 0.15) is 35.9 Å². The molecule has 2 N–H and O–H groups in total. The lowest BCUT2D eigenvalue weighted by atomic mass is 9.99. The van der Waals surface area contributed by atoms with Crippen molar-refractivity contribution < 1.29 is 4.79 Å². The summed E-state index contributed by atoms with van der Waals surface area (Å²) in [4.78, 5) is 41.6.